The van der Waals surface area contributed by atoms with Gasteiger partial charge in [0.2, 0.25) is 16.0 Å². The quantitative estimate of drug-likeness (QED) is 0.518. The third-order valence-corrected chi connectivity index (χ3v) is 4.82. The normalized spacial score (nSPS) is 11.5. The number of hydrogen-bond acceptors (Lipinski definition) is 8. The molecule has 0 bridgehead atoms. The third-order valence-electron chi connectivity index (χ3n) is 3.91. The minimum Gasteiger partial charge on any atom is -0.497 e. The van der Waals surface area contributed by atoms with E-state index in [0.717, 1.165) is 5.69 Å². The van der Waals surface area contributed by atoms with Gasteiger partial charge in [-0.05, 0) is 30.3 Å². The first kappa shape index (κ1) is 17.8. The summed E-state index contributed by atoms with van der Waals surface area (Å²) in [7, 11) is -2.23. The number of ether oxygens (including phenoxy) is 1. The molecule has 0 atom stereocenters. The number of primary sulfonamides is 1. The van der Waals surface area contributed by atoms with Crippen LogP contribution in [0.5, 0.6) is 5.75 Å². The first-order valence-electron chi connectivity index (χ1n) is 8.07. The third kappa shape index (κ3) is 3.48. The summed E-state index contributed by atoms with van der Waals surface area (Å²) in [5.74, 6) is 0.930. The van der Waals surface area contributed by atoms with E-state index in [1.165, 1.54) is 18.3 Å². The highest BCUT2D eigenvalue weighted by Gasteiger charge is 2.12. The van der Waals surface area contributed by atoms with Crippen molar-refractivity contribution in [2.45, 2.75) is 4.90 Å². The van der Waals surface area contributed by atoms with Gasteiger partial charge >= 0.3 is 0 Å². The summed E-state index contributed by atoms with van der Waals surface area (Å²) in [6.07, 6.45) is 1.53. The van der Waals surface area contributed by atoms with Crippen LogP contribution in [-0.2, 0) is 10.0 Å². The number of methoxy groups -OCH3 is 1. The summed E-state index contributed by atoms with van der Waals surface area (Å²) in [6, 6.07) is 13.4. The van der Waals surface area contributed by atoms with E-state index in [4.69, 9.17) is 9.88 Å². The number of hydrogen-bond donors (Lipinski definition) is 2. The first-order chi connectivity index (χ1) is 13.4. The Morgan fingerprint density at radius 1 is 1.14 bits per heavy atom. The van der Waals surface area contributed by atoms with Crippen molar-refractivity contribution in [3.63, 3.8) is 0 Å². The molecule has 4 rings (SSSR count). The highest BCUT2D eigenvalue weighted by molar-refractivity contribution is 7.89. The maximum atomic E-state index is 11.5. The topological polar surface area (TPSA) is 138 Å². The van der Waals surface area contributed by atoms with E-state index in [2.05, 4.69) is 25.6 Å². The molecule has 0 aliphatic rings. The fraction of sp³-hybridized carbons (Fsp3) is 0.0588. The van der Waals surface area contributed by atoms with E-state index in [9.17, 15) is 8.42 Å². The van der Waals surface area contributed by atoms with E-state index in [-0.39, 0.29) is 10.8 Å². The van der Waals surface area contributed by atoms with E-state index in [1.807, 2.05) is 18.2 Å². The van der Waals surface area contributed by atoms with Crippen LogP contribution >= 0.6 is 0 Å². The summed E-state index contributed by atoms with van der Waals surface area (Å²) >= 11 is 0. The Bertz CT molecular complexity index is 1270. The molecule has 0 saturated carbocycles. The molecule has 4 aromatic rings. The molecule has 28 heavy (non-hydrogen) atoms. The number of nitrogens with zero attached hydrogens (tertiary/aromatic N) is 5. The van der Waals surface area contributed by atoms with Crippen LogP contribution in [0.1, 0.15) is 0 Å². The second-order valence-electron chi connectivity index (χ2n) is 5.80. The maximum absolute atomic E-state index is 11.5. The summed E-state index contributed by atoms with van der Waals surface area (Å²) in [4.78, 5) is 8.63. The Labute approximate surface area is 160 Å². The van der Waals surface area contributed by atoms with Gasteiger partial charge in [-0.3, -0.25) is 0 Å². The zero-order chi connectivity index (χ0) is 19.7. The molecule has 11 heteroatoms. The Morgan fingerprint density at radius 2 is 1.96 bits per heavy atom. The van der Waals surface area contributed by atoms with Crippen LogP contribution in [-0.4, -0.2) is 40.5 Å². The van der Waals surface area contributed by atoms with Crippen molar-refractivity contribution < 1.29 is 13.2 Å². The molecule has 0 radical (unpaired) electrons. The van der Waals surface area contributed by atoms with Crippen LogP contribution in [0.15, 0.2) is 59.6 Å². The van der Waals surface area contributed by atoms with Gasteiger partial charge in [0.15, 0.2) is 11.2 Å². The number of nitrogens with one attached hydrogen (secondary N) is 1. The fourth-order valence-corrected chi connectivity index (χ4v) is 3.14. The molecule has 0 aliphatic heterocycles. The molecule has 2 heterocycles. The van der Waals surface area contributed by atoms with Crippen LogP contribution in [0.25, 0.3) is 16.9 Å². The number of aromatic nitrogens is 5. The molecule has 10 nitrogen and oxygen atoms in total. The van der Waals surface area contributed by atoms with Gasteiger partial charge in [-0.15, -0.1) is 5.10 Å². The van der Waals surface area contributed by atoms with Gasteiger partial charge in [0.25, 0.3) is 0 Å². The van der Waals surface area contributed by atoms with E-state index in [1.54, 1.807) is 30.0 Å². The van der Waals surface area contributed by atoms with Gasteiger partial charge in [0.1, 0.15) is 5.75 Å². The number of rotatable bonds is 5. The second kappa shape index (κ2) is 6.87. The molecule has 0 saturated heterocycles. The van der Waals surface area contributed by atoms with Crippen molar-refractivity contribution in [2.24, 2.45) is 5.14 Å². The Kier molecular flexibility index (Phi) is 4.37. The summed E-state index contributed by atoms with van der Waals surface area (Å²) in [5, 5.41) is 16.3. The lowest BCUT2D eigenvalue weighted by molar-refractivity contribution is 0.414. The fourth-order valence-electron chi connectivity index (χ4n) is 2.58. The monoisotopic (exact) mass is 397 g/mol. The SMILES string of the molecule is COc1cccc(-n2nnc3cnc(Nc4cccc(S(N)(=O)=O)c4)nc32)c1. The van der Waals surface area contributed by atoms with E-state index >= 15 is 0 Å². The molecular weight excluding hydrogens is 382 g/mol. The molecule has 0 spiro atoms. The number of anilines is 2. The first-order valence-corrected chi connectivity index (χ1v) is 9.61. The van der Waals surface area contributed by atoms with Crippen LogP contribution in [0, 0.1) is 0 Å². The number of fused-ring (bicyclic) bond motifs is 1. The van der Waals surface area contributed by atoms with Crippen molar-refractivity contribution in [1.29, 1.82) is 0 Å². The standard InChI is InChI=1S/C17H15N7O3S/c1-27-13-6-3-5-12(9-13)24-16-15(22-23-24)10-19-17(21-16)20-11-4-2-7-14(8-11)28(18,25)26/h2-10H,1H3,(H2,18,25,26)(H,19,20,21). The lowest BCUT2D eigenvalue weighted by atomic mass is 10.3. The predicted octanol–water partition coefficient (Wildman–Crippen LogP) is 1.61. The highest BCUT2D eigenvalue weighted by Crippen LogP contribution is 2.21. The Hall–Kier alpha value is -3.57. The number of sulfonamides is 1. The highest BCUT2D eigenvalue weighted by atomic mass is 32.2. The summed E-state index contributed by atoms with van der Waals surface area (Å²) in [6.45, 7) is 0. The van der Waals surface area contributed by atoms with Crippen molar-refractivity contribution >= 4 is 32.8 Å². The molecule has 2 aromatic carbocycles. The lowest BCUT2D eigenvalue weighted by Crippen LogP contribution is -2.12. The zero-order valence-electron chi connectivity index (χ0n) is 14.6. The van der Waals surface area contributed by atoms with Gasteiger partial charge in [-0.2, -0.15) is 9.67 Å². The Morgan fingerprint density at radius 3 is 2.75 bits per heavy atom. The van der Waals surface area contributed by atoms with Gasteiger partial charge in [0, 0.05) is 11.8 Å². The zero-order valence-corrected chi connectivity index (χ0v) is 15.5. The Balaban J connectivity index is 1.72. The average molecular weight is 397 g/mol. The minimum absolute atomic E-state index is 0.0123. The van der Waals surface area contributed by atoms with Gasteiger partial charge in [0.05, 0.1) is 23.9 Å². The molecule has 2 aromatic heterocycles. The van der Waals surface area contributed by atoms with Crippen LogP contribution in [0.3, 0.4) is 0 Å². The molecule has 142 valence electrons. The lowest BCUT2D eigenvalue weighted by Gasteiger charge is -2.07. The maximum Gasteiger partial charge on any atom is 0.238 e. The van der Waals surface area contributed by atoms with Crippen molar-refractivity contribution in [3.05, 3.63) is 54.7 Å². The summed E-state index contributed by atoms with van der Waals surface area (Å²) in [5.41, 5.74) is 2.19. The molecule has 0 aliphatic carbocycles. The average Bonchev–Trinajstić information content (AvgIpc) is 3.11. The molecule has 0 unspecified atom stereocenters. The molecule has 0 amide bonds. The van der Waals surface area contributed by atoms with Gasteiger partial charge in [-0.1, -0.05) is 17.3 Å². The molecule has 0 fully saturated rings. The second-order valence-corrected chi connectivity index (χ2v) is 7.36. The van der Waals surface area contributed by atoms with Crippen molar-refractivity contribution in [3.8, 4) is 11.4 Å². The van der Waals surface area contributed by atoms with Crippen molar-refractivity contribution in [1.82, 2.24) is 25.0 Å². The van der Waals surface area contributed by atoms with Gasteiger partial charge < -0.3 is 10.1 Å². The minimum atomic E-state index is -3.81. The van der Waals surface area contributed by atoms with E-state index in [0.29, 0.717) is 22.6 Å². The largest absolute Gasteiger partial charge is 0.497 e. The van der Waals surface area contributed by atoms with Crippen LogP contribution < -0.4 is 15.2 Å². The van der Waals surface area contributed by atoms with Crippen LogP contribution in [0.2, 0.25) is 0 Å². The van der Waals surface area contributed by atoms with Crippen molar-refractivity contribution in [2.75, 3.05) is 12.4 Å². The number of benzene rings is 2. The van der Waals surface area contributed by atoms with Gasteiger partial charge in [-0.25, -0.2) is 18.5 Å². The van der Waals surface area contributed by atoms with Crippen LogP contribution in [0.4, 0.5) is 11.6 Å². The van der Waals surface area contributed by atoms with E-state index < -0.39 is 10.0 Å². The predicted molar refractivity (Wildman–Crippen MR) is 102 cm³/mol. The molecular formula is C17H15N7O3S. The smallest absolute Gasteiger partial charge is 0.238 e. The number of nitrogens with two attached hydrogens (primary N) is 1. The molecule has 3 N–H and O–H groups in total. The summed E-state index contributed by atoms with van der Waals surface area (Å²) < 4.78 is 29.8.